The van der Waals surface area contributed by atoms with Gasteiger partial charge in [-0.05, 0) is 68.1 Å². The number of rotatable bonds is 5. The summed E-state index contributed by atoms with van der Waals surface area (Å²) in [7, 11) is -7.00. The molecule has 10 heteroatoms. The molecule has 1 amide bonds. The zero-order valence-corrected chi connectivity index (χ0v) is 19.7. The molecule has 32 heavy (non-hydrogen) atoms. The van der Waals surface area contributed by atoms with Gasteiger partial charge in [-0.15, -0.1) is 0 Å². The van der Waals surface area contributed by atoms with Crippen molar-refractivity contribution >= 4 is 37.3 Å². The number of fused-ring (bicyclic) bond motifs is 1. The Bertz CT molecular complexity index is 1250. The summed E-state index contributed by atoms with van der Waals surface area (Å²) in [5, 5.41) is 2.76. The molecule has 0 spiro atoms. The van der Waals surface area contributed by atoms with Crippen molar-refractivity contribution in [3.8, 4) is 0 Å². The van der Waals surface area contributed by atoms with E-state index in [1.807, 2.05) is 6.92 Å². The van der Waals surface area contributed by atoms with Gasteiger partial charge < -0.3 is 5.32 Å². The fraction of sp³-hybridized carbons (Fsp3) is 0.409. The monoisotopic (exact) mass is 477 g/mol. The summed E-state index contributed by atoms with van der Waals surface area (Å²) in [4.78, 5) is 13.0. The van der Waals surface area contributed by atoms with Crippen LogP contribution in [0.25, 0.3) is 0 Å². The summed E-state index contributed by atoms with van der Waals surface area (Å²) in [6.07, 6.45) is 4.42. The van der Waals surface area contributed by atoms with Crippen LogP contribution in [0.5, 0.6) is 0 Å². The minimum absolute atomic E-state index is 0.156. The molecule has 0 bridgehead atoms. The first-order valence-electron chi connectivity index (χ1n) is 10.6. The van der Waals surface area contributed by atoms with Crippen LogP contribution in [-0.4, -0.2) is 52.4 Å². The summed E-state index contributed by atoms with van der Waals surface area (Å²) in [5.41, 5.74) is 2.15. The number of hydrogen-bond acceptors (Lipinski definition) is 5. The molecule has 2 aromatic carbocycles. The van der Waals surface area contributed by atoms with Gasteiger partial charge in [-0.3, -0.25) is 9.10 Å². The first-order valence-corrected chi connectivity index (χ1v) is 13.9. The molecule has 8 nitrogen and oxygen atoms in total. The lowest BCUT2D eigenvalue weighted by atomic mass is 10.1. The summed E-state index contributed by atoms with van der Waals surface area (Å²) >= 11 is 0. The van der Waals surface area contributed by atoms with Crippen LogP contribution in [0, 0.1) is 0 Å². The van der Waals surface area contributed by atoms with Crippen molar-refractivity contribution in [3.05, 3.63) is 53.6 Å². The van der Waals surface area contributed by atoms with Gasteiger partial charge in [-0.25, -0.2) is 16.8 Å². The lowest BCUT2D eigenvalue weighted by molar-refractivity contribution is 0.102. The number of amides is 1. The minimum Gasteiger partial charge on any atom is -0.322 e. The van der Waals surface area contributed by atoms with Gasteiger partial charge in [0.2, 0.25) is 20.0 Å². The fourth-order valence-corrected chi connectivity index (χ4v) is 7.27. The minimum atomic E-state index is -3.60. The van der Waals surface area contributed by atoms with E-state index in [-0.39, 0.29) is 16.8 Å². The third-order valence-electron chi connectivity index (χ3n) is 5.90. The molecule has 0 saturated carbocycles. The van der Waals surface area contributed by atoms with Crippen molar-refractivity contribution in [3.63, 3.8) is 0 Å². The maximum Gasteiger partial charge on any atom is 0.255 e. The van der Waals surface area contributed by atoms with Gasteiger partial charge in [-0.1, -0.05) is 12.5 Å². The quantitative estimate of drug-likeness (QED) is 0.713. The fourth-order valence-electron chi connectivity index (χ4n) is 4.44. The van der Waals surface area contributed by atoms with Crippen molar-refractivity contribution in [2.24, 2.45) is 0 Å². The standard InChI is InChI=1S/C22H27N3O5S2/c1-16-13-18-14-17(9-10-21(18)25(16)31(2,27)28)22(26)23-19-7-6-8-20(15-19)32(29,30)24-11-4-3-5-12-24/h6-10,14-16H,3-5,11-13H2,1-2H3,(H,23,26)/t16-/m0/s1. The molecule has 1 N–H and O–H groups in total. The van der Waals surface area contributed by atoms with Gasteiger partial charge in [0.25, 0.3) is 5.91 Å². The van der Waals surface area contributed by atoms with Crippen LogP contribution in [-0.2, 0) is 26.5 Å². The summed E-state index contributed by atoms with van der Waals surface area (Å²) in [6.45, 7) is 2.85. The van der Waals surface area contributed by atoms with Gasteiger partial charge in [0.1, 0.15) is 0 Å². The molecule has 2 aliphatic rings. The Balaban J connectivity index is 1.54. The SMILES string of the molecule is C[C@H]1Cc2cc(C(=O)Nc3cccc(S(=O)(=O)N4CCCCC4)c3)ccc2N1S(C)(=O)=O. The van der Waals surface area contributed by atoms with Crippen LogP contribution in [0.4, 0.5) is 11.4 Å². The van der Waals surface area contributed by atoms with Gasteiger partial charge in [-0.2, -0.15) is 4.31 Å². The zero-order chi connectivity index (χ0) is 23.1. The van der Waals surface area contributed by atoms with Crippen LogP contribution >= 0.6 is 0 Å². The molecule has 0 aromatic heterocycles. The smallest absolute Gasteiger partial charge is 0.255 e. The average molecular weight is 478 g/mol. The topological polar surface area (TPSA) is 104 Å². The molecule has 4 rings (SSSR count). The van der Waals surface area contributed by atoms with E-state index in [4.69, 9.17) is 0 Å². The van der Waals surface area contributed by atoms with E-state index in [1.54, 1.807) is 30.3 Å². The second-order valence-electron chi connectivity index (χ2n) is 8.40. The highest BCUT2D eigenvalue weighted by Gasteiger charge is 2.33. The Hall–Kier alpha value is -2.43. The van der Waals surface area contributed by atoms with Crippen molar-refractivity contribution < 1.29 is 21.6 Å². The first-order chi connectivity index (χ1) is 15.1. The summed E-state index contributed by atoms with van der Waals surface area (Å²) in [6, 6.07) is 11.0. The number of carbonyl (C=O) groups excluding carboxylic acids is 1. The van der Waals surface area contributed by atoms with Gasteiger partial charge in [0, 0.05) is 30.4 Å². The van der Waals surface area contributed by atoms with Crippen molar-refractivity contribution in [1.82, 2.24) is 4.31 Å². The molecule has 1 fully saturated rings. The highest BCUT2D eigenvalue weighted by atomic mass is 32.2. The number of benzene rings is 2. The van der Waals surface area contributed by atoms with Crippen LogP contribution in [0.2, 0.25) is 0 Å². The number of hydrogen-bond donors (Lipinski definition) is 1. The molecule has 2 aliphatic heterocycles. The number of carbonyl (C=O) groups is 1. The Morgan fingerprint density at radius 3 is 2.41 bits per heavy atom. The lowest BCUT2D eigenvalue weighted by Gasteiger charge is -2.26. The molecule has 1 atom stereocenters. The van der Waals surface area contributed by atoms with Crippen molar-refractivity contribution in [2.45, 2.75) is 43.5 Å². The number of anilines is 2. The molecular formula is C22H27N3O5S2. The van der Waals surface area contributed by atoms with Gasteiger partial charge in [0.15, 0.2) is 0 Å². The Kier molecular flexibility index (Phi) is 6.04. The number of piperidine rings is 1. The highest BCUT2D eigenvalue weighted by molar-refractivity contribution is 7.92. The molecule has 2 heterocycles. The molecule has 2 aromatic rings. The normalized spacial score (nSPS) is 19.6. The summed E-state index contributed by atoms with van der Waals surface area (Å²) in [5.74, 6) is -0.384. The van der Waals surface area contributed by atoms with Gasteiger partial charge >= 0.3 is 0 Å². The predicted molar refractivity (Wildman–Crippen MR) is 124 cm³/mol. The lowest BCUT2D eigenvalue weighted by Crippen LogP contribution is -2.35. The van der Waals surface area contributed by atoms with Crippen LogP contribution < -0.4 is 9.62 Å². The van der Waals surface area contributed by atoms with E-state index >= 15 is 0 Å². The third-order valence-corrected chi connectivity index (χ3v) is 9.06. The van der Waals surface area contributed by atoms with Crippen molar-refractivity contribution in [2.75, 3.05) is 29.0 Å². The molecule has 0 radical (unpaired) electrons. The maximum atomic E-state index is 12.9. The third kappa shape index (κ3) is 4.39. The van der Waals surface area contributed by atoms with Crippen molar-refractivity contribution in [1.29, 1.82) is 0 Å². The number of sulfonamides is 2. The largest absolute Gasteiger partial charge is 0.322 e. The van der Waals surface area contributed by atoms with Crippen LogP contribution in [0.1, 0.15) is 42.1 Å². The Labute approximate surface area is 189 Å². The first kappa shape index (κ1) is 22.8. The highest BCUT2D eigenvalue weighted by Crippen LogP contribution is 2.35. The average Bonchev–Trinajstić information content (AvgIpc) is 3.09. The van der Waals surface area contributed by atoms with E-state index in [0.29, 0.717) is 36.4 Å². The predicted octanol–water partition coefficient (Wildman–Crippen LogP) is 2.82. The van der Waals surface area contributed by atoms with Crippen LogP contribution in [0.15, 0.2) is 47.4 Å². The Morgan fingerprint density at radius 2 is 1.72 bits per heavy atom. The molecule has 1 saturated heterocycles. The van der Waals surface area contributed by atoms with Gasteiger partial charge in [0.05, 0.1) is 16.8 Å². The number of nitrogens with zero attached hydrogens (tertiary/aromatic N) is 2. The number of nitrogens with one attached hydrogen (secondary N) is 1. The van der Waals surface area contributed by atoms with Crippen LogP contribution in [0.3, 0.4) is 0 Å². The summed E-state index contributed by atoms with van der Waals surface area (Å²) < 4.78 is 52.9. The van der Waals surface area contributed by atoms with E-state index in [0.717, 1.165) is 24.8 Å². The molecular weight excluding hydrogens is 450 g/mol. The van der Waals surface area contributed by atoms with E-state index < -0.39 is 20.0 Å². The second-order valence-corrected chi connectivity index (χ2v) is 12.2. The molecule has 172 valence electrons. The Morgan fingerprint density at radius 1 is 1.00 bits per heavy atom. The maximum absolute atomic E-state index is 12.9. The van der Waals surface area contributed by atoms with E-state index in [2.05, 4.69) is 5.32 Å². The zero-order valence-electron chi connectivity index (χ0n) is 18.1. The molecule has 0 unspecified atom stereocenters. The molecule has 0 aliphatic carbocycles. The second kappa shape index (κ2) is 8.49. The van der Waals surface area contributed by atoms with E-state index in [9.17, 15) is 21.6 Å². The van der Waals surface area contributed by atoms with E-state index in [1.165, 1.54) is 27.0 Å².